The van der Waals surface area contributed by atoms with Gasteiger partial charge in [-0.25, -0.2) is 14.4 Å². The molecule has 1 saturated heterocycles. The van der Waals surface area contributed by atoms with Crippen LogP contribution in [-0.2, 0) is 4.79 Å². The highest BCUT2D eigenvalue weighted by Crippen LogP contribution is 2.36. The summed E-state index contributed by atoms with van der Waals surface area (Å²) in [4.78, 5) is 27.3. The van der Waals surface area contributed by atoms with Crippen molar-refractivity contribution in [1.82, 2.24) is 19.9 Å². The van der Waals surface area contributed by atoms with Crippen molar-refractivity contribution in [3.8, 4) is 5.75 Å². The summed E-state index contributed by atoms with van der Waals surface area (Å²) in [5, 5.41) is 10.1. The number of carbonyl (C=O) groups is 1. The van der Waals surface area contributed by atoms with Gasteiger partial charge < -0.3 is 14.7 Å². The van der Waals surface area contributed by atoms with Gasteiger partial charge >= 0.3 is 5.97 Å². The normalized spacial score (nSPS) is 19.1. The van der Waals surface area contributed by atoms with Gasteiger partial charge in [-0.3, -0.25) is 9.78 Å². The van der Waals surface area contributed by atoms with Crippen LogP contribution in [0.2, 0.25) is 0 Å². The molecule has 7 nitrogen and oxygen atoms in total. The van der Waals surface area contributed by atoms with Gasteiger partial charge in [0.1, 0.15) is 18.2 Å². The Morgan fingerprint density at radius 1 is 1.24 bits per heavy atom. The number of aliphatic carboxylic acids is 1. The summed E-state index contributed by atoms with van der Waals surface area (Å²) >= 11 is 1.75. The number of pyridine rings is 1. The lowest BCUT2D eigenvalue weighted by atomic mass is 9.79. The van der Waals surface area contributed by atoms with E-state index in [2.05, 4.69) is 19.9 Å². The average molecular weight is 527 g/mol. The van der Waals surface area contributed by atoms with Crippen molar-refractivity contribution in [3.05, 3.63) is 54.7 Å². The van der Waals surface area contributed by atoms with Gasteiger partial charge in [0.15, 0.2) is 0 Å². The Morgan fingerprint density at radius 2 is 2.08 bits per heavy atom. The highest BCUT2D eigenvalue weighted by Gasteiger charge is 2.30. The number of benzene rings is 1. The second kappa shape index (κ2) is 13.7. The molecule has 3 atom stereocenters. The van der Waals surface area contributed by atoms with Crippen LogP contribution in [0.15, 0.2) is 54.1 Å². The zero-order chi connectivity index (χ0) is 26.0. The molecule has 1 aliphatic heterocycles. The molecule has 198 valence electrons. The molecule has 3 heterocycles. The van der Waals surface area contributed by atoms with Gasteiger partial charge in [0.05, 0.1) is 12.6 Å². The lowest BCUT2D eigenvalue weighted by Gasteiger charge is -2.39. The van der Waals surface area contributed by atoms with Gasteiger partial charge in [0.2, 0.25) is 0 Å². The third-order valence-electron chi connectivity index (χ3n) is 7.24. The van der Waals surface area contributed by atoms with E-state index >= 15 is 4.39 Å². The Labute approximate surface area is 221 Å². The van der Waals surface area contributed by atoms with Crippen LogP contribution in [0.3, 0.4) is 0 Å². The third kappa shape index (κ3) is 7.85. The van der Waals surface area contributed by atoms with Crippen LogP contribution in [0.4, 0.5) is 4.39 Å². The Bertz CT molecular complexity index is 1150. The Kier molecular flexibility index (Phi) is 10.1. The number of alkyl halides is 1. The van der Waals surface area contributed by atoms with E-state index in [9.17, 15) is 9.90 Å². The maximum absolute atomic E-state index is 15.5. The van der Waals surface area contributed by atoms with E-state index < -0.39 is 12.1 Å². The predicted molar refractivity (Wildman–Crippen MR) is 144 cm³/mol. The number of hydrogen-bond acceptors (Lipinski definition) is 7. The first kappa shape index (κ1) is 27.3. The molecule has 1 aromatic carbocycles. The Balaban J connectivity index is 1.32. The van der Waals surface area contributed by atoms with Crippen molar-refractivity contribution in [2.45, 2.75) is 49.6 Å². The number of aromatic nitrogens is 3. The fraction of sp³-hybridized carbons (Fsp3) is 0.500. The standard InChI is InChI=1S/C28H35FN4O3S/c1-36-22-5-7-27-25(15-22)24(9-11-32-27)26(29)6-3-20-10-13-33(18-21(20)4-8-28(34)35)12-2-14-37-23-16-30-19-31-17-23/h5,7,9,11,15-17,19-21,26H,2-4,6,8,10,12-14,18H2,1H3,(H,34,35)/t20-,21+,26?/m1/s1. The van der Waals surface area contributed by atoms with Crippen LogP contribution in [0, 0.1) is 11.8 Å². The molecule has 0 aliphatic carbocycles. The first-order valence-corrected chi connectivity index (χ1v) is 13.9. The van der Waals surface area contributed by atoms with E-state index in [1.807, 2.05) is 30.6 Å². The predicted octanol–water partition coefficient (Wildman–Crippen LogP) is 5.81. The highest BCUT2D eigenvalue weighted by atomic mass is 32.2. The number of rotatable bonds is 13. The van der Waals surface area contributed by atoms with E-state index in [0.29, 0.717) is 30.1 Å². The number of hydrogen-bond donors (Lipinski definition) is 1. The second-order valence-electron chi connectivity index (χ2n) is 9.65. The number of fused-ring (bicyclic) bond motifs is 1. The van der Waals surface area contributed by atoms with Crippen molar-refractivity contribution < 1.29 is 19.0 Å². The van der Waals surface area contributed by atoms with E-state index in [0.717, 1.165) is 60.4 Å². The minimum Gasteiger partial charge on any atom is -0.497 e. The number of carboxylic acid groups (broad SMARTS) is 1. The summed E-state index contributed by atoms with van der Waals surface area (Å²) in [6.45, 7) is 2.83. The van der Waals surface area contributed by atoms with Crippen LogP contribution < -0.4 is 4.74 Å². The van der Waals surface area contributed by atoms with E-state index in [1.165, 1.54) is 6.33 Å². The molecule has 1 unspecified atom stereocenters. The average Bonchev–Trinajstić information content (AvgIpc) is 2.93. The molecule has 1 fully saturated rings. The number of nitrogens with zero attached hydrogens (tertiary/aromatic N) is 4. The lowest BCUT2D eigenvalue weighted by molar-refractivity contribution is -0.137. The first-order valence-electron chi connectivity index (χ1n) is 12.9. The SMILES string of the molecule is COc1ccc2nccc(C(F)CC[C@@H]3CCN(CCCSc4cncnc4)C[C@@H]3CCC(=O)O)c2c1. The molecular formula is C28H35FN4O3S. The minimum absolute atomic E-state index is 0.159. The molecule has 9 heteroatoms. The fourth-order valence-electron chi connectivity index (χ4n) is 5.28. The number of carboxylic acids is 1. The Hall–Kier alpha value is -2.78. The van der Waals surface area contributed by atoms with Crippen LogP contribution in [0.25, 0.3) is 10.9 Å². The minimum atomic E-state index is -1.10. The van der Waals surface area contributed by atoms with Crippen molar-refractivity contribution in [1.29, 1.82) is 0 Å². The van der Waals surface area contributed by atoms with E-state index in [-0.39, 0.29) is 12.3 Å². The van der Waals surface area contributed by atoms with Crippen molar-refractivity contribution in [2.24, 2.45) is 11.8 Å². The van der Waals surface area contributed by atoms with Crippen LogP contribution in [0.5, 0.6) is 5.75 Å². The fourth-order valence-corrected chi connectivity index (χ4v) is 6.06. The number of halogens is 1. The summed E-state index contributed by atoms with van der Waals surface area (Å²) in [6.07, 6.45) is 9.73. The van der Waals surface area contributed by atoms with Crippen LogP contribution in [-0.4, -0.2) is 63.4 Å². The third-order valence-corrected chi connectivity index (χ3v) is 8.28. The number of likely N-dealkylation sites (tertiary alicyclic amines) is 1. The molecule has 0 saturated carbocycles. The van der Waals surface area contributed by atoms with Gasteiger partial charge in [0, 0.05) is 41.8 Å². The zero-order valence-corrected chi connectivity index (χ0v) is 22.1. The molecule has 1 aliphatic rings. The summed E-state index contributed by atoms with van der Waals surface area (Å²) in [5.74, 6) is 1.50. The highest BCUT2D eigenvalue weighted by molar-refractivity contribution is 7.99. The second-order valence-corrected chi connectivity index (χ2v) is 10.8. The largest absolute Gasteiger partial charge is 0.497 e. The molecule has 4 rings (SSSR count). The molecule has 0 bridgehead atoms. The molecule has 2 aromatic heterocycles. The quantitative estimate of drug-likeness (QED) is 0.221. The van der Waals surface area contributed by atoms with Crippen molar-refractivity contribution >= 4 is 28.6 Å². The first-order chi connectivity index (χ1) is 18.0. The van der Waals surface area contributed by atoms with Crippen molar-refractivity contribution in [2.75, 3.05) is 32.5 Å². The number of methoxy groups -OCH3 is 1. The molecular weight excluding hydrogens is 491 g/mol. The van der Waals surface area contributed by atoms with Gasteiger partial charge in [-0.05, 0) is 92.6 Å². The molecule has 1 N–H and O–H groups in total. The summed E-state index contributed by atoms with van der Waals surface area (Å²) in [5.41, 5.74) is 1.40. The molecule has 37 heavy (non-hydrogen) atoms. The topological polar surface area (TPSA) is 88.4 Å². The van der Waals surface area contributed by atoms with E-state index in [1.54, 1.807) is 31.1 Å². The van der Waals surface area contributed by atoms with Gasteiger partial charge in [-0.15, -0.1) is 11.8 Å². The van der Waals surface area contributed by atoms with Gasteiger partial charge in [-0.1, -0.05) is 0 Å². The molecule has 0 spiro atoms. The summed E-state index contributed by atoms with van der Waals surface area (Å²) in [6, 6.07) is 7.30. The Morgan fingerprint density at radius 3 is 2.86 bits per heavy atom. The van der Waals surface area contributed by atoms with E-state index in [4.69, 9.17) is 4.74 Å². The molecule has 0 radical (unpaired) electrons. The summed E-state index contributed by atoms with van der Waals surface area (Å²) < 4.78 is 20.9. The maximum Gasteiger partial charge on any atom is 0.303 e. The number of piperidine rings is 1. The van der Waals surface area contributed by atoms with Gasteiger partial charge in [-0.2, -0.15) is 0 Å². The zero-order valence-electron chi connectivity index (χ0n) is 21.3. The number of thioether (sulfide) groups is 1. The van der Waals surface area contributed by atoms with Crippen LogP contribution in [0.1, 0.15) is 50.3 Å². The maximum atomic E-state index is 15.5. The lowest BCUT2D eigenvalue weighted by Crippen LogP contribution is -2.41. The van der Waals surface area contributed by atoms with Gasteiger partial charge in [0.25, 0.3) is 0 Å². The monoisotopic (exact) mass is 526 g/mol. The molecule has 0 amide bonds. The molecule has 3 aromatic rings. The van der Waals surface area contributed by atoms with Crippen molar-refractivity contribution in [3.63, 3.8) is 0 Å². The summed E-state index contributed by atoms with van der Waals surface area (Å²) in [7, 11) is 1.60. The number of ether oxygens (including phenoxy) is 1. The smallest absolute Gasteiger partial charge is 0.303 e. The van der Waals surface area contributed by atoms with Crippen LogP contribution >= 0.6 is 11.8 Å².